The van der Waals surface area contributed by atoms with Gasteiger partial charge in [0.1, 0.15) is 0 Å². The van der Waals surface area contributed by atoms with E-state index in [1.165, 1.54) is 10.9 Å². The normalized spacial score (nSPS) is 10.8. The third-order valence-corrected chi connectivity index (χ3v) is 2.89. The van der Waals surface area contributed by atoms with Gasteiger partial charge in [-0.15, -0.1) is 10.2 Å². The summed E-state index contributed by atoms with van der Waals surface area (Å²) in [5.41, 5.74) is 1.85. The lowest BCUT2D eigenvalue weighted by Crippen LogP contribution is -2.13. The Morgan fingerprint density at radius 1 is 1.29 bits per heavy atom. The van der Waals surface area contributed by atoms with Gasteiger partial charge in [0.05, 0.1) is 18.1 Å². The van der Waals surface area contributed by atoms with E-state index in [1.54, 1.807) is 11.6 Å². The number of rotatable bonds is 3. The zero-order chi connectivity index (χ0) is 15.0. The Labute approximate surface area is 120 Å². The van der Waals surface area contributed by atoms with Crippen molar-refractivity contribution in [3.63, 3.8) is 0 Å². The third kappa shape index (κ3) is 2.53. The summed E-state index contributed by atoms with van der Waals surface area (Å²) in [4.78, 5) is 18.1. The van der Waals surface area contributed by atoms with E-state index in [2.05, 4.69) is 25.7 Å². The van der Waals surface area contributed by atoms with E-state index >= 15 is 0 Å². The highest BCUT2D eigenvalue weighted by Gasteiger charge is 2.13. The molecule has 0 atom stereocenters. The van der Waals surface area contributed by atoms with Crippen LogP contribution in [0.1, 0.15) is 10.5 Å². The molecule has 0 aromatic carbocycles. The first-order valence-corrected chi connectivity index (χ1v) is 6.24. The van der Waals surface area contributed by atoms with Crippen LogP contribution in [-0.4, -0.2) is 49.6 Å². The van der Waals surface area contributed by atoms with Crippen molar-refractivity contribution >= 4 is 23.2 Å². The Bertz CT molecular complexity index is 803. The van der Waals surface area contributed by atoms with E-state index in [1.807, 2.05) is 37.3 Å². The molecule has 0 saturated carbocycles. The van der Waals surface area contributed by atoms with E-state index in [0.29, 0.717) is 5.65 Å². The molecule has 0 saturated heterocycles. The lowest BCUT2D eigenvalue weighted by atomic mass is 10.4. The van der Waals surface area contributed by atoms with Crippen LogP contribution in [-0.2, 0) is 7.05 Å². The Kier molecular flexibility index (Phi) is 3.01. The predicted octanol–water partition coefficient (Wildman–Crippen LogP) is 0.176. The van der Waals surface area contributed by atoms with Crippen LogP contribution in [0.15, 0.2) is 24.5 Å². The summed E-state index contributed by atoms with van der Waals surface area (Å²) >= 11 is 0. The Balaban J connectivity index is 1.86. The summed E-state index contributed by atoms with van der Waals surface area (Å²) in [6.07, 6.45) is 3.36. The summed E-state index contributed by atoms with van der Waals surface area (Å²) in [5, 5.41) is 14.3. The van der Waals surface area contributed by atoms with Crippen molar-refractivity contribution in [1.82, 2.24) is 29.6 Å². The molecular formula is C12H14N8O. The number of pyridine rings is 1. The molecule has 0 unspecified atom stereocenters. The first kappa shape index (κ1) is 13.0. The smallest absolute Gasteiger partial charge is 0.280 e. The number of hydrogen-bond donors (Lipinski definition) is 1. The van der Waals surface area contributed by atoms with Gasteiger partial charge in [0, 0.05) is 21.1 Å². The molecule has 0 radical (unpaired) electrons. The standard InChI is InChI=1S/C12H14N8O/c1-18(2)8-4-5-10-13-12(16-20(10)6-8)14-11(21)9-7-19(3)17-15-9/h4-7H,1-3H3,(H,14,16,21). The molecule has 0 aliphatic rings. The topological polar surface area (TPSA) is 93.2 Å². The van der Waals surface area contributed by atoms with Gasteiger partial charge in [0.25, 0.3) is 5.91 Å². The molecule has 0 bridgehead atoms. The molecule has 9 nitrogen and oxygen atoms in total. The fourth-order valence-electron chi connectivity index (χ4n) is 1.81. The minimum Gasteiger partial charge on any atom is -0.376 e. The predicted molar refractivity (Wildman–Crippen MR) is 76.3 cm³/mol. The molecule has 1 amide bonds. The second kappa shape index (κ2) is 4.85. The van der Waals surface area contributed by atoms with Crippen molar-refractivity contribution < 1.29 is 4.79 Å². The van der Waals surface area contributed by atoms with E-state index in [4.69, 9.17) is 0 Å². The zero-order valence-corrected chi connectivity index (χ0v) is 11.8. The lowest BCUT2D eigenvalue weighted by molar-refractivity contribution is 0.102. The van der Waals surface area contributed by atoms with Crippen LogP contribution in [0.25, 0.3) is 5.65 Å². The Morgan fingerprint density at radius 3 is 2.76 bits per heavy atom. The molecule has 3 aromatic heterocycles. The number of hydrogen-bond acceptors (Lipinski definition) is 6. The number of aromatic nitrogens is 6. The van der Waals surface area contributed by atoms with Gasteiger partial charge in [-0.1, -0.05) is 5.21 Å². The van der Waals surface area contributed by atoms with Crippen molar-refractivity contribution in [3.8, 4) is 0 Å². The molecule has 3 aromatic rings. The third-order valence-electron chi connectivity index (χ3n) is 2.89. The molecule has 0 spiro atoms. The maximum Gasteiger partial charge on any atom is 0.280 e. The van der Waals surface area contributed by atoms with Crippen LogP contribution in [0.4, 0.5) is 11.6 Å². The van der Waals surface area contributed by atoms with Gasteiger partial charge >= 0.3 is 0 Å². The molecule has 0 fully saturated rings. The number of aryl methyl sites for hydroxylation is 1. The minimum atomic E-state index is -0.396. The summed E-state index contributed by atoms with van der Waals surface area (Å²) < 4.78 is 3.07. The zero-order valence-electron chi connectivity index (χ0n) is 11.8. The van der Waals surface area contributed by atoms with E-state index in [9.17, 15) is 4.79 Å². The second-order valence-corrected chi connectivity index (χ2v) is 4.75. The van der Waals surface area contributed by atoms with Crippen molar-refractivity contribution in [2.45, 2.75) is 0 Å². The second-order valence-electron chi connectivity index (χ2n) is 4.75. The number of anilines is 2. The van der Waals surface area contributed by atoms with Crippen LogP contribution in [0.3, 0.4) is 0 Å². The van der Waals surface area contributed by atoms with Crippen LogP contribution >= 0.6 is 0 Å². The fourth-order valence-corrected chi connectivity index (χ4v) is 1.81. The lowest BCUT2D eigenvalue weighted by Gasteiger charge is -2.11. The average molecular weight is 286 g/mol. The number of nitrogens with zero attached hydrogens (tertiary/aromatic N) is 7. The highest BCUT2D eigenvalue weighted by Crippen LogP contribution is 2.13. The molecule has 21 heavy (non-hydrogen) atoms. The molecule has 0 aliphatic heterocycles. The van der Waals surface area contributed by atoms with Gasteiger partial charge in [-0.3, -0.25) is 14.8 Å². The average Bonchev–Trinajstić information content (AvgIpc) is 3.03. The summed E-state index contributed by atoms with van der Waals surface area (Å²) in [7, 11) is 5.57. The molecule has 3 rings (SSSR count). The first-order valence-electron chi connectivity index (χ1n) is 6.24. The largest absolute Gasteiger partial charge is 0.376 e. The summed E-state index contributed by atoms with van der Waals surface area (Å²) in [6.45, 7) is 0. The number of carbonyl (C=O) groups is 1. The first-order chi connectivity index (χ1) is 10.0. The molecular weight excluding hydrogens is 272 g/mol. The van der Waals surface area contributed by atoms with E-state index < -0.39 is 5.91 Å². The number of fused-ring (bicyclic) bond motifs is 1. The van der Waals surface area contributed by atoms with Crippen molar-refractivity contribution in [1.29, 1.82) is 0 Å². The van der Waals surface area contributed by atoms with Crippen LogP contribution in [0, 0.1) is 0 Å². The Hall–Kier alpha value is -2.97. The molecule has 1 N–H and O–H groups in total. The van der Waals surface area contributed by atoms with Crippen LogP contribution < -0.4 is 10.2 Å². The molecule has 108 valence electrons. The van der Waals surface area contributed by atoms with Gasteiger partial charge in [-0.05, 0) is 12.1 Å². The fraction of sp³-hybridized carbons (Fsp3) is 0.250. The van der Waals surface area contributed by atoms with Gasteiger partial charge < -0.3 is 4.90 Å². The van der Waals surface area contributed by atoms with Gasteiger partial charge in [-0.2, -0.15) is 4.98 Å². The quantitative estimate of drug-likeness (QED) is 0.738. The van der Waals surface area contributed by atoms with Crippen molar-refractivity contribution in [3.05, 3.63) is 30.2 Å². The molecule has 9 heteroatoms. The van der Waals surface area contributed by atoms with E-state index in [-0.39, 0.29) is 11.6 Å². The van der Waals surface area contributed by atoms with Crippen molar-refractivity contribution in [2.75, 3.05) is 24.3 Å². The van der Waals surface area contributed by atoms with Crippen LogP contribution in [0.2, 0.25) is 0 Å². The summed E-state index contributed by atoms with van der Waals surface area (Å²) in [6, 6.07) is 3.76. The van der Waals surface area contributed by atoms with Crippen molar-refractivity contribution in [2.24, 2.45) is 7.05 Å². The number of carbonyl (C=O) groups excluding carboxylic acids is 1. The summed E-state index contributed by atoms with van der Waals surface area (Å²) in [5.74, 6) is -0.173. The highest BCUT2D eigenvalue weighted by atomic mass is 16.2. The van der Waals surface area contributed by atoms with Gasteiger partial charge in [0.2, 0.25) is 5.95 Å². The van der Waals surface area contributed by atoms with Gasteiger partial charge in [0.15, 0.2) is 11.3 Å². The van der Waals surface area contributed by atoms with Crippen LogP contribution in [0.5, 0.6) is 0 Å². The maximum absolute atomic E-state index is 12.0. The monoisotopic (exact) mass is 286 g/mol. The number of amides is 1. The Morgan fingerprint density at radius 2 is 2.10 bits per heavy atom. The molecule has 3 heterocycles. The SMILES string of the molecule is CN(C)c1ccc2nc(NC(=O)c3cn(C)nn3)nn2c1. The maximum atomic E-state index is 12.0. The number of nitrogens with one attached hydrogen (secondary N) is 1. The van der Waals surface area contributed by atoms with E-state index in [0.717, 1.165) is 5.69 Å². The van der Waals surface area contributed by atoms with Gasteiger partial charge in [-0.25, -0.2) is 4.52 Å². The highest BCUT2D eigenvalue weighted by molar-refractivity contribution is 6.01. The minimum absolute atomic E-state index is 0.213. The molecule has 0 aliphatic carbocycles.